The number of hydrogen-bond donors (Lipinski definition) is 3. The first kappa shape index (κ1) is 20.5. The lowest BCUT2D eigenvalue weighted by Gasteiger charge is -2.13. The van der Waals surface area contributed by atoms with Gasteiger partial charge in [0.05, 0.1) is 25.5 Å². The first-order chi connectivity index (χ1) is 12.8. The van der Waals surface area contributed by atoms with Crippen LogP contribution in [0.25, 0.3) is 0 Å². The quantitative estimate of drug-likeness (QED) is 0.596. The number of nitrogens with one attached hydrogen (secondary N) is 2. The van der Waals surface area contributed by atoms with Gasteiger partial charge in [0, 0.05) is 13.6 Å². The van der Waals surface area contributed by atoms with Gasteiger partial charge in [-0.15, -0.1) is 0 Å². The van der Waals surface area contributed by atoms with Crippen molar-refractivity contribution in [2.75, 3.05) is 33.1 Å². The number of sulfonamides is 1. The maximum absolute atomic E-state index is 12.6. The summed E-state index contributed by atoms with van der Waals surface area (Å²) >= 11 is 0. The summed E-state index contributed by atoms with van der Waals surface area (Å²) in [5.74, 6) is -0.0464. The zero-order valence-corrected chi connectivity index (χ0v) is 16.1. The summed E-state index contributed by atoms with van der Waals surface area (Å²) in [7, 11) is 0.743. The van der Waals surface area contributed by atoms with E-state index < -0.39 is 16.0 Å². The lowest BCUT2D eigenvalue weighted by atomic mass is 10.1. The molecule has 9 heteroatoms. The highest BCUT2D eigenvalue weighted by atomic mass is 32.2. The Morgan fingerprint density at radius 1 is 1.07 bits per heavy atom. The van der Waals surface area contributed by atoms with Crippen LogP contribution in [0.5, 0.6) is 11.5 Å². The third kappa shape index (κ3) is 4.89. The molecule has 146 valence electrons. The molecule has 0 spiro atoms. The van der Waals surface area contributed by atoms with Crippen LogP contribution in [0.2, 0.25) is 0 Å². The highest BCUT2D eigenvalue weighted by molar-refractivity contribution is 7.89. The summed E-state index contributed by atoms with van der Waals surface area (Å²) < 4.78 is 38.1. The van der Waals surface area contributed by atoms with E-state index in [-0.39, 0.29) is 17.0 Å². The van der Waals surface area contributed by atoms with Gasteiger partial charge in [-0.2, -0.15) is 0 Å². The Kier molecular flexibility index (Phi) is 6.65. The van der Waals surface area contributed by atoms with Crippen molar-refractivity contribution in [1.29, 1.82) is 0 Å². The van der Waals surface area contributed by atoms with Gasteiger partial charge in [0.25, 0.3) is 0 Å². The third-order valence-electron chi connectivity index (χ3n) is 3.94. The van der Waals surface area contributed by atoms with Gasteiger partial charge in [-0.3, -0.25) is 0 Å². The SMILES string of the molecule is CNc1ccc(C(=O)O)cc1S(=O)(=O)NCCc1ccc(OC)c(OC)c1. The molecule has 0 fully saturated rings. The number of methoxy groups -OCH3 is 2. The highest BCUT2D eigenvalue weighted by Crippen LogP contribution is 2.28. The van der Waals surface area contributed by atoms with Crippen molar-refractivity contribution < 1.29 is 27.8 Å². The molecule has 0 aliphatic rings. The minimum atomic E-state index is -3.89. The molecule has 8 nitrogen and oxygen atoms in total. The molecular weight excluding hydrogens is 372 g/mol. The number of carbonyl (C=O) groups is 1. The van der Waals surface area contributed by atoms with Crippen LogP contribution < -0.4 is 19.5 Å². The Bertz CT molecular complexity index is 927. The van der Waals surface area contributed by atoms with Gasteiger partial charge < -0.3 is 19.9 Å². The molecule has 2 aromatic carbocycles. The van der Waals surface area contributed by atoms with Crippen molar-refractivity contribution in [2.45, 2.75) is 11.3 Å². The number of aromatic carboxylic acids is 1. The van der Waals surface area contributed by atoms with Crippen molar-refractivity contribution in [2.24, 2.45) is 0 Å². The van der Waals surface area contributed by atoms with E-state index in [1.165, 1.54) is 26.4 Å². The minimum Gasteiger partial charge on any atom is -0.493 e. The minimum absolute atomic E-state index is 0.103. The number of carboxylic acid groups (broad SMARTS) is 1. The van der Waals surface area contributed by atoms with Crippen molar-refractivity contribution in [3.63, 3.8) is 0 Å². The Hall–Kier alpha value is -2.78. The second kappa shape index (κ2) is 8.74. The van der Waals surface area contributed by atoms with Crippen LogP contribution in [0, 0.1) is 0 Å². The molecule has 0 aromatic heterocycles. The maximum Gasteiger partial charge on any atom is 0.335 e. The number of anilines is 1. The molecule has 0 bridgehead atoms. The van der Waals surface area contributed by atoms with Gasteiger partial charge in [-0.05, 0) is 42.3 Å². The molecule has 0 atom stereocenters. The van der Waals surface area contributed by atoms with Gasteiger partial charge in [0.15, 0.2) is 11.5 Å². The maximum atomic E-state index is 12.6. The van der Waals surface area contributed by atoms with Crippen LogP contribution in [-0.2, 0) is 16.4 Å². The van der Waals surface area contributed by atoms with E-state index in [4.69, 9.17) is 14.6 Å². The van der Waals surface area contributed by atoms with E-state index in [0.717, 1.165) is 11.6 Å². The van der Waals surface area contributed by atoms with Crippen molar-refractivity contribution in [3.8, 4) is 11.5 Å². The zero-order chi connectivity index (χ0) is 20.0. The monoisotopic (exact) mass is 394 g/mol. The smallest absolute Gasteiger partial charge is 0.335 e. The van der Waals surface area contributed by atoms with Crippen LogP contribution in [0.3, 0.4) is 0 Å². The van der Waals surface area contributed by atoms with Crippen molar-refractivity contribution in [3.05, 3.63) is 47.5 Å². The first-order valence-electron chi connectivity index (χ1n) is 8.08. The molecule has 3 N–H and O–H groups in total. The Morgan fingerprint density at radius 2 is 1.78 bits per heavy atom. The second-order valence-electron chi connectivity index (χ2n) is 5.60. The number of rotatable bonds is 9. The predicted molar refractivity (Wildman–Crippen MR) is 101 cm³/mol. The lowest BCUT2D eigenvalue weighted by molar-refractivity contribution is 0.0696. The molecule has 27 heavy (non-hydrogen) atoms. The van der Waals surface area contributed by atoms with Crippen LogP contribution in [-0.4, -0.2) is 47.3 Å². The first-order valence-corrected chi connectivity index (χ1v) is 9.56. The molecule has 0 radical (unpaired) electrons. The van der Waals surface area contributed by atoms with Crippen LogP contribution in [0.15, 0.2) is 41.3 Å². The van der Waals surface area contributed by atoms with E-state index in [0.29, 0.717) is 23.6 Å². The predicted octanol–water partition coefficient (Wildman–Crippen LogP) is 1.96. The van der Waals surface area contributed by atoms with E-state index in [2.05, 4.69) is 10.0 Å². The van der Waals surface area contributed by atoms with E-state index in [9.17, 15) is 13.2 Å². The van der Waals surface area contributed by atoms with E-state index >= 15 is 0 Å². The van der Waals surface area contributed by atoms with Crippen LogP contribution in [0.1, 0.15) is 15.9 Å². The van der Waals surface area contributed by atoms with Crippen molar-refractivity contribution in [1.82, 2.24) is 4.72 Å². The van der Waals surface area contributed by atoms with E-state index in [1.807, 2.05) is 6.07 Å². The molecule has 0 unspecified atom stereocenters. The molecular formula is C18H22N2O6S. The fraction of sp³-hybridized carbons (Fsp3) is 0.278. The molecule has 0 aliphatic carbocycles. The summed E-state index contributed by atoms with van der Waals surface area (Å²) in [6.07, 6.45) is 0.424. The normalized spacial score (nSPS) is 11.1. The third-order valence-corrected chi connectivity index (χ3v) is 5.44. The average molecular weight is 394 g/mol. The van der Waals surface area contributed by atoms with Crippen LogP contribution in [0.4, 0.5) is 5.69 Å². The number of carboxylic acids is 1. The molecule has 0 amide bonds. The Balaban J connectivity index is 2.16. The second-order valence-corrected chi connectivity index (χ2v) is 7.34. The zero-order valence-electron chi connectivity index (χ0n) is 15.3. The molecule has 0 saturated carbocycles. The van der Waals surface area contributed by atoms with Gasteiger partial charge in [-0.25, -0.2) is 17.9 Å². The number of hydrogen-bond acceptors (Lipinski definition) is 6. The lowest BCUT2D eigenvalue weighted by Crippen LogP contribution is -2.27. The molecule has 0 heterocycles. The molecule has 2 rings (SSSR count). The summed E-state index contributed by atoms with van der Waals surface area (Å²) in [4.78, 5) is 11.0. The molecule has 0 saturated heterocycles. The van der Waals surface area contributed by atoms with Gasteiger partial charge >= 0.3 is 5.97 Å². The topological polar surface area (TPSA) is 114 Å². The fourth-order valence-electron chi connectivity index (χ4n) is 2.53. The standard InChI is InChI=1S/C18H22N2O6S/c1-19-14-6-5-13(18(21)22)11-17(14)27(23,24)20-9-8-12-4-7-15(25-2)16(10-12)26-3/h4-7,10-11,19-20H,8-9H2,1-3H3,(H,21,22). The number of ether oxygens (including phenoxy) is 2. The fourth-order valence-corrected chi connectivity index (χ4v) is 3.80. The highest BCUT2D eigenvalue weighted by Gasteiger charge is 2.20. The molecule has 2 aromatic rings. The van der Waals surface area contributed by atoms with Crippen LogP contribution >= 0.6 is 0 Å². The van der Waals surface area contributed by atoms with Gasteiger partial charge in [0.1, 0.15) is 4.90 Å². The number of benzene rings is 2. The van der Waals surface area contributed by atoms with E-state index in [1.54, 1.807) is 19.2 Å². The van der Waals surface area contributed by atoms with Crippen molar-refractivity contribution >= 4 is 21.7 Å². The summed E-state index contributed by atoms with van der Waals surface area (Å²) in [5, 5.41) is 11.9. The largest absolute Gasteiger partial charge is 0.493 e. The summed E-state index contributed by atoms with van der Waals surface area (Å²) in [6.45, 7) is 0.137. The Labute approximate surface area is 158 Å². The summed E-state index contributed by atoms with van der Waals surface area (Å²) in [5.41, 5.74) is 1.08. The summed E-state index contributed by atoms with van der Waals surface area (Å²) in [6, 6.07) is 9.24. The Morgan fingerprint density at radius 3 is 2.37 bits per heavy atom. The molecule has 0 aliphatic heterocycles. The van der Waals surface area contributed by atoms with Gasteiger partial charge in [0.2, 0.25) is 10.0 Å². The average Bonchev–Trinajstić information content (AvgIpc) is 2.67. The van der Waals surface area contributed by atoms with Gasteiger partial charge in [-0.1, -0.05) is 6.07 Å².